The minimum Gasteiger partial charge on any atom is -0.326 e. The zero-order valence-electron chi connectivity index (χ0n) is 11.6. The largest absolute Gasteiger partial charge is 0.326 e. The highest BCUT2D eigenvalue weighted by atomic mass is 32.2. The number of sulfone groups is 1. The van der Waals surface area contributed by atoms with Crippen molar-refractivity contribution >= 4 is 31.6 Å². The van der Waals surface area contributed by atoms with E-state index in [0.29, 0.717) is 12.3 Å². The Balaban J connectivity index is 2.40. The van der Waals surface area contributed by atoms with Crippen molar-refractivity contribution in [1.29, 1.82) is 0 Å². The first-order chi connectivity index (χ1) is 9.76. The van der Waals surface area contributed by atoms with E-state index in [4.69, 9.17) is 5.73 Å². The molecule has 118 valence electrons. The van der Waals surface area contributed by atoms with E-state index in [1.54, 1.807) is 12.1 Å². The Hall–Kier alpha value is -0.610. The van der Waals surface area contributed by atoms with Gasteiger partial charge in [0.05, 0.1) is 4.90 Å². The third-order valence-corrected chi connectivity index (χ3v) is 8.00. The van der Waals surface area contributed by atoms with Crippen LogP contribution in [0.4, 0.5) is 0 Å². The molecule has 9 heteroatoms. The Labute approximate surface area is 129 Å². The summed E-state index contributed by atoms with van der Waals surface area (Å²) in [6.45, 7) is 0.524. The van der Waals surface area contributed by atoms with Gasteiger partial charge in [-0.25, -0.2) is 16.8 Å². The van der Waals surface area contributed by atoms with Crippen LogP contribution in [0.2, 0.25) is 0 Å². The number of hydrogen-bond acceptors (Lipinski definition) is 6. The fourth-order valence-corrected chi connectivity index (χ4v) is 7.28. The highest BCUT2D eigenvalue weighted by molar-refractivity contribution is 8.01. The molecule has 0 saturated carbocycles. The van der Waals surface area contributed by atoms with Gasteiger partial charge in [0.2, 0.25) is 10.0 Å². The van der Waals surface area contributed by atoms with Crippen molar-refractivity contribution in [2.75, 3.05) is 24.3 Å². The number of thioether (sulfide) groups is 1. The van der Waals surface area contributed by atoms with Crippen LogP contribution in [0.25, 0.3) is 0 Å². The normalized spacial score (nSPS) is 21.3. The Morgan fingerprint density at radius 3 is 2.38 bits per heavy atom. The predicted molar refractivity (Wildman–Crippen MR) is 84.2 cm³/mol. The van der Waals surface area contributed by atoms with Crippen molar-refractivity contribution < 1.29 is 16.8 Å². The highest BCUT2D eigenvalue weighted by Gasteiger charge is 2.39. The molecule has 1 aromatic carbocycles. The molecule has 0 spiro atoms. The average Bonchev–Trinajstić information content (AvgIpc) is 2.46. The molecule has 2 N–H and O–H groups in total. The van der Waals surface area contributed by atoms with E-state index >= 15 is 0 Å². The van der Waals surface area contributed by atoms with Crippen LogP contribution in [0.15, 0.2) is 29.2 Å². The molecule has 2 rings (SSSR count). The van der Waals surface area contributed by atoms with Gasteiger partial charge in [0.1, 0.15) is 5.37 Å². The molecule has 0 aliphatic carbocycles. The lowest BCUT2D eigenvalue weighted by Gasteiger charge is -2.32. The summed E-state index contributed by atoms with van der Waals surface area (Å²) in [6.07, 6.45) is 1.07. The van der Waals surface area contributed by atoms with Gasteiger partial charge in [-0.3, -0.25) is 0 Å². The zero-order valence-corrected chi connectivity index (χ0v) is 14.0. The lowest BCUT2D eigenvalue weighted by molar-refractivity contribution is 0.405. The van der Waals surface area contributed by atoms with Gasteiger partial charge in [-0.15, -0.1) is 0 Å². The molecule has 1 aromatic rings. The topological polar surface area (TPSA) is 97.5 Å². The maximum Gasteiger partial charge on any atom is 0.244 e. The number of nitrogens with zero attached hydrogens (tertiary/aromatic N) is 1. The van der Waals surface area contributed by atoms with Crippen molar-refractivity contribution in [2.45, 2.75) is 16.8 Å². The van der Waals surface area contributed by atoms with Crippen LogP contribution >= 0.6 is 11.8 Å². The van der Waals surface area contributed by atoms with E-state index in [-0.39, 0.29) is 17.2 Å². The molecular weight excluding hydrogens is 332 g/mol. The van der Waals surface area contributed by atoms with Crippen LogP contribution < -0.4 is 5.73 Å². The van der Waals surface area contributed by atoms with Gasteiger partial charge in [-0.1, -0.05) is 12.1 Å². The Kier molecular flexibility index (Phi) is 4.99. The first-order valence-corrected chi connectivity index (χ1v) is 10.9. The number of hydrogen-bond donors (Lipinski definition) is 1. The number of benzene rings is 1. The molecule has 6 nitrogen and oxygen atoms in total. The van der Waals surface area contributed by atoms with Crippen LogP contribution in [-0.4, -0.2) is 50.8 Å². The maximum absolute atomic E-state index is 12.7. The first kappa shape index (κ1) is 16.8. The maximum atomic E-state index is 12.7. The van der Waals surface area contributed by atoms with Gasteiger partial charge in [0.25, 0.3) is 0 Å². The monoisotopic (exact) mass is 350 g/mol. The molecule has 0 bridgehead atoms. The molecule has 0 amide bonds. The highest BCUT2D eigenvalue weighted by Crippen LogP contribution is 2.27. The van der Waals surface area contributed by atoms with Gasteiger partial charge in [-0.05, 0) is 17.7 Å². The van der Waals surface area contributed by atoms with Gasteiger partial charge < -0.3 is 5.73 Å². The van der Waals surface area contributed by atoms with Crippen molar-refractivity contribution in [3.05, 3.63) is 29.8 Å². The van der Waals surface area contributed by atoms with Gasteiger partial charge in [0.15, 0.2) is 9.84 Å². The minimum atomic E-state index is -3.82. The van der Waals surface area contributed by atoms with E-state index in [9.17, 15) is 16.8 Å². The van der Waals surface area contributed by atoms with Crippen LogP contribution in [0.5, 0.6) is 0 Å². The summed E-state index contributed by atoms with van der Waals surface area (Å²) >= 11 is 1.45. The quantitative estimate of drug-likeness (QED) is 0.836. The summed E-state index contributed by atoms with van der Waals surface area (Å²) in [5.74, 6) is 0.852. The number of sulfonamides is 1. The van der Waals surface area contributed by atoms with Crippen molar-refractivity contribution in [3.8, 4) is 0 Å². The van der Waals surface area contributed by atoms with Gasteiger partial charge >= 0.3 is 0 Å². The molecule has 1 fully saturated rings. The van der Waals surface area contributed by atoms with Crippen LogP contribution in [-0.2, 0) is 26.4 Å². The van der Waals surface area contributed by atoms with E-state index in [2.05, 4.69) is 0 Å². The van der Waals surface area contributed by atoms with E-state index in [0.717, 1.165) is 16.1 Å². The molecule has 0 aromatic heterocycles. The van der Waals surface area contributed by atoms with Gasteiger partial charge in [-0.2, -0.15) is 16.1 Å². The molecule has 1 aliphatic heterocycles. The Morgan fingerprint density at radius 2 is 1.86 bits per heavy atom. The summed E-state index contributed by atoms with van der Waals surface area (Å²) in [4.78, 5) is 0.0975. The standard InChI is InChI=1S/C12H18N2O4S3/c1-20(15,16)12-9-19-7-6-14(12)21(17,18)11-4-2-10(8-13)3-5-11/h2-5,12H,6-9,13H2,1H3. The fourth-order valence-electron chi connectivity index (χ4n) is 2.11. The van der Waals surface area contributed by atoms with Crippen molar-refractivity contribution in [2.24, 2.45) is 5.73 Å². The van der Waals surface area contributed by atoms with Crippen molar-refractivity contribution in [1.82, 2.24) is 4.31 Å². The third kappa shape index (κ3) is 3.59. The first-order valence-electron chi connectivity index (χ1n) is 6.34. The Bertz CT molecular complexity index is 699. The van der Waals surface area contributed by atoms with E-state index in [1.165, 1.54) is 23.9 Å². The molecule has 0 radical (unpaired) electrons. The second kappa shape index (κ2) is 6.25. The molecule has 1 heterocycles. The smallest absolute Gasteiger partial charge is 0.244 e. The second-order valence-corrected chi connectivity index (χ2v) is 10.1. The summed E-state index contributed by atoms with van der Waals surface area (Å²) < 4.78 is 50.1. The summed E-state index contributed by atoms with van der Waals surface area (Å²) in [7, 11) is -7.29. The van der Waals surface area contributed by atoms with E-state index < -0.39 is 25.2 Å². The molecule has 1 saturated heterocycles. The van der Waals surface area contributed by atoms with Crippen LogP contribution in [0, 0.1) is 0 Å². The number of nitrogens with two attached hydrogens (primary N) is 1. The Morgan fingerprint density at radius 1 is 1.24 bits per heavy atom. The lowest BCUT2D eigenvalue weighted by atomic mass is 10.2. The summed E-state index contributed by atoms with van der Waals surface area (Å²) in [6, 6.07) is 6.22. The minimum absolute atomic E-state index is 0.0975. The van der Waals surface area contributed by atoms with Crippen LogP contribution in [0.1, 0.15) is 5.56 Å². The fraction of sp³-hybridized carbons (Fsp3) is 0.500. The third-order valence-electron chi connectivity index (χ3n) is 3.30. The molecule has 1 aliphatic rings. The summed E-state index contributed by atoms with van der Waals surface area (Å²) in [5, 5.41) is -1.00. The lowest BCUT2D eigenvalue weighted by Crippen LogP contribution is -2.49. The summed E-state index contributed by atoms with van der Waals surface area (Å²) in [5.41, 5.74) is 6.31. The second-order valence-electron chi connectivity index (χ2n) is 4.82. The molecule has 21 heavy (non-hydrogen) atoms. The molecule has 1 unspecified atom stereocenters. The van der Waals surface area contributed by atoms with E-state index in [1.807, 2.05) is 0 Å². The van der Waals surface area contributed by atoms with Gasteiger partial charge in [0, 0.05) is 30.9 Å². The van der Waals surface area contributed by atoms with Crippen LogP contribution in [0.3, 0.4) is 0 Å². The predicted octanol–water partition coefficient (Wildman–Crippen LogP) is 0.254. The van der Waals surface area contributed by atoms with Crippen molar-refractivity contribution in [3.63, 3.8) is 0 Å². The molecular formula is C12H18N2O4S3. The average molecular weight is 350 g/mol. The zero-order chi connectivity index (χ0) is 15.7. The number of rotatable bonds is 4. The SMILES string of the molecule is CS(=O)(=O)C1CSCCN1S(=O)(=O)c1ccc(CN)cc1. The molecule has 1 atom stereocenters.